The second-order valence-electron chi connectivity index (χ2n) is 9.90. The lowest BCUT2D eigenvalue weighted by Crippen LogP contribution is -2.46. The van der Waals surface area contributed by atoms with Gasteiger partial charge in [0.2, 0.25) is 0 Å². The van der Waals surface area contributed by atoms with E-state index in [1.54, 1.807) is 20.8 Å². The zero-order chi connectivity index (χ0) is 24.0. The predicted molar refractivity (Wildman–Crippen MR) is 123 cm³/mol. The number of hydrogen-bond donors (Lipinski definition) is 1. The summed E-state index contributed by atoms with van der Waals surface area (Å²) in [4.78, 5) is 39.3. The zero-order valence-electron chi connectivity index (χ0n) is 19.4. The lowest BCUT2D eigenvalue weighted by atomic mass is 9.98. The molecule has 2 aliphatic heterocycles. The monoisotopic (exact) mass is 464 g/mol. The van der Waals surface area contributed by atoms with Gasteiger partial charge in [-0.1, -0.05) is 48.5 Å². The van der Waals surface area contributed by atoms with Crippen molar-refractivity contribution >= 4 is 18.0 Å². The van der Waals surface area contributed by atoms with E-state index in [1.165, 1.54) is 4.90 Å². The molecule has 2 heterocycles. The van der Waals surface area contributed by atoms with Gasteiger partial charge in [0, 0.05) is 12.5 Å². The van der Waals surface area contributed by atoms with Gasteiger partial charge in [0.05, 0.1) is 6.04 Å². The number of Topliss-reactive ketones (excluding diaryl/α,β-unsaturated/α-hetero) is 1. The molecule has 2 saturated heterocycles. The van der Waals surface area contributed by atoms with Crippen molar-refractivity contribution in [3.8, 4) is 11.1 Å². The van der Waals surface area contributed by atoms with E-state index in [0.29, 0.717) is 0 Å². The van der Waals surface area contributed by atoms with Gasteiger partial charge in [0.15, 0.2) is 5.78 Å². The van der Waals surface area contributed by atoms with E-state index in [1.807, 2.05) is 24.3 Å². The molecule has 178 valence electrons. The highest BCUT2D eigenvalue weighted by atomic mass is 16.6. The molecular weight excluding hydrogens is 436 g/mol. The first-order valence-electron chi connectivity index (χ1n) is 11.5. The number of hydrogen-bond acceptors (Lipinski definition) is 6. The summed E-state index contributed by atoms with van der Waals surface area (Å²) in [5.74, 6) is -0.284. The molecule has 0 bridgehead atoms. The number of likely N-dealkylation sites (tertiary alicyclic amines) is 1. The van der Waals surface area contributed by atoms with Gasteiger partial charge in [0.1, 0.15) is 31.0 Å². The summed E-state index contributed by atoms with van der Waals surface area (Å²) in [7, 11) is 0. The first-order chi connectivity index (χ1) is 16.2. The number of carbonyl (C=O) groups is 3. The highest BCUT2D eigenvalue weighted by Crippen LogP contribution is 2.44. The topological polar surface area (TPSA) is 94.2 Å². The molecule has 34 heavy (non-hydrogen) atoms. The maximum atomic E-state index is 13.1. The van der Waals surface area contributed by atoms with Crippen molar-refractivity contribution in [3.05, 3.63) is 59.7 Å². The minimum absolute atomic E-state index is 0.0824. The van der Waals surface area contributed by atoms with Crippen LogP contribution in [0.1, 0.15) is 37.8 Å². The molecule has 0 radical (unpaired) electrons. The van der Waals surface area contributed by atoms with E-state index in [4.69, 9.17) is 14.2 Å². The van der Waals surface area contributed by atoms with Gasteiger partial charge in [0.25, 0.3) is 0 Å². The minimum Gasteiger partial charge on any atom is -0.448 e. The molecule has 5 rings (SSSR count). The summed E-state index contributed by atoms with van der Waals surface area (Å²) in [5.41, 5.74) is 3.84. The Kier molecular flexibility index (Phi) is 5.56. The summed E-state index contributed by atoms with van der Waals surface area (Å²) in [6.07, 6.45) is -1.83. The number of carbonyl (C=O) groups excluding carboxylic acids is 3. The molecule has 1 aliphatic carbocycles. The molecule has 2 aromatic carbocycles. The van der Waals surface area contributed by atoms with Crippen LogP contribution in [0.25, 0.3) is 11.1 Å². The summed E-state index contributed by atoms with van der Waals surface area (Å²) < 4.78 is 16.7. The average molecular weight is 465 g/mol. The third-order valence-corrected chi connectivity index (χ3v) is 6.46. The van der Waals surface area contributed by atoms with E-state index in [2.05, 4.69) is 29.6 Å². The van der Waals surface area contributed by atoms with E-state index in [0.717, 1.165) is 22.3 Å². The molecule has 2 fully saturated rings. The fraction of sp³-hybridized carbons (Fsp3) is 0.423. The number of nitrogens with zero attached hydrogens (tertiary/aromatic N) is 1. The van der Waals surface area contributed by atoms with Crippen LogP contribution in [0.2, 0.25) is 0 Å². The maximum absolute atomic E-state index is 13.1. The molecule has 1 N–H and O–H groups in total. The Morgan fingerprint density at radius 2 is 1.68 bits per heavy atom. The van der Waals surface area contributed by atoms with Crippen molar-refractivity contribution in [1.29, 1.82) is 0 Å². The van der Waals surface area contributed by atoms with Crippen molar-refractivity contribution in [1.82, 2.24) is 10.2 Å². The van der Waals surface area contributed by atoms with E-state index < -0.39 is 36.0 Å². The lowest BCUT2D eigenvalue weighted by Gasteiger charge is -2.23. The second kappa shape index (κ2) is 8.43. The third kappa shape index (κ3) is 4.03. The molecule has 3 aliphatic rings. The fourth-order valence-electron chi connectivity index (χ4n) is 5.11. The van der Waals surface area contributed by atoms with Crippen molar-refractivity contribution in [2.24, 2.45) is 0 Å². The number of rotatable bonds is 3. The minimum atomic E-state index is -0.782. The number of ketones is 1. The predicted octanol–water partition coefficient (Wildman–Crippen LogP) is 3.48. The molecule has 2 aromatic rings. The fourth-order valence-corrected chi connectivity index (χ4v) is 5.11. The van der Waals surface area contributed by atoms with Crippen molar-refractivity contribution in [2.45, 2.75) is 50.5 Å². The van der Waals surface area contributed by atoms with Gasteiger partial charge < -0.3 is 19.5 Å². The molecule has 2 amide bonds. The zero-order valence-corrected chi connectivity index (χ0v) is 19.4. The number of ether oxygens (including phenoxy) is 3. The number of benzene rings is 2. The van der Waals surface area contributed by atoms with Gasteiger partial charge in [-0.15, -0.1) is 0 Å². The summed E-state index contributed by atoms with van der Waals surface area (Å²) >= 11 is 0. The van der Waals surface area contributed by atoms with Crippen LogP contribution in [-0.4, -0.2) is 66.4 Å². The number of fused-ring (bicyclic) bond motifs is 4. The Bertz CT molecular complexity index is 1090. The summed E-state index contributed by atoms with van der Waals surface area (Å²) in [5, 5.41) is 2.75. The Morgan fingerprint density at radius 3 is 2.29 bits per heavy atom. The van der Waals surface area contributed by atoms with Gasteiger partial charge in [-0.2, -0.15) is 0 Å². The summed E-state index contributed by atoms with van der Waals surface area (Å²) in [6, 6.07) is 14.9. The Balaban J connectivity index is 1.29. The van der Waals surface area contributed by atoms with E-state index in [-0.39, 0.29) is 31.5 Å². The largest absolute Gasteiger partial charge is 0.448 e. The molecule has 0 saturated carbocycles. The van der Waals surface area contributed by atoms with Crippen LogP contribution in [-0.2, 0) is 19.0 Å². The summed E-state index contributed by atoms with van der Waals surface area (Å²) in [6.45, 7) is 5.46. The van der Waals surface area contributed by atoms with Crippen molar-refractivity contribution in [2.75, 3.05) is 19.8 Å². The van der Waals surface area contributed by atoms with Crippen LogP contribution in [0.4, 0.5) is 9.59 Å². The van der Waals surface area contributed by atoms with E-state index in [9.17, 15) is 14.4 Å². The van der Waals surface area contributed by atoms with Gasteiger partial charge >= 0.3 is 12.2 Å². The Hall–Kier alpha value is -3.39. The Labute approximate surface area is 198 Å². The highest BCUT2D eigenvalue weighted by molar-refractivity contribution is 5.92. The lowest BCUT2D eigenvalue weighted by molar-refractivity contribution is -0.121. The highest BCUT2D eigenvalue weighted by Gasteiger charge is 2.53. The number of alkyl carbamates (subject to hydrolysis) is 1. The van der Waals surface area contributed by atoms with Crippen molar-refractivity contribution < 1.29 is 28.6 Å². The van der Waals surface area contributed by atoms with Crippen LogP contribution in [0.3, 0.4) is 0 Å². The van der Waals surface area contributed by atoms with Gasteiger partial charge in [-0.3, -0.25) is 9.69 Å². The van der Waals surface area contributed by atoms with E-state index >= 15 is 0 Å². The van der Waals surface area contributed by atoms with Gasteiger partial charge in [-0.25, -0.2) is 9.59 Å². The van der Waals surface area contributed by atoms with Crippen molar-refractivity contribution in [3.63, 3.8) is 0 Å². The molecule has 0 aromatic heterocycles. The maximum Gasteiger partial charge on any atom is 0.410 e. The molecule has 8 nitrogen and oxygen atoms in total. The molecule has 8 heteroatoms. The third-order valence-electron chi connectivity index (χ3n) is 6.46. The average Bonchev–Trinajstić information content (AvgIpc) is 3.43. The quantitative estimate of drug-likeness (QED) is 0.748. The van der Waals surface area contributed by atoms with Crippen LogP contribution in [0, 0.1) is 0 Å². The van der Waals surface area contributed by atoms with Gasteiger partial charge in [-0.05, 0) is 43.0 Å². The van der Waals surface area contributed by atoms with Crippen LogP contribution in [0.5, 0.6) is 0 Å². The Morgan fingerprint density at radius 1 is 1.06 bits per heavy atom. The molecular formula is C26H28N2O6. The SMILES string of the molecule is CC(C)(C)OC(=O)N[C@H]1CN(C(=O)OCC2c3ccccc3-c3ccccc32)[C@@H]2C(=O)CO[C@H]12. The number of nitrogens with one attached hydrogen (secondary N) is 1. The van der Waals surface area contributed by atoms with Crippen LogP contribution >= 0.6 is 0 Å². The standard InChI is InChI=1S/C26H28N2O6/c1-26(2,3)34-24(30)27-20-12-28(22-21(29)14-32-23(20)22)25(31)33-13-19-17-10-6-4-8-15(17)16-9-5-7-11-18(16)19/h4-11,19-20,22-23H,12-14H2,1-3H3,(H,27,30)/t20-,22+,23+/m0/s1. The first-order valence-corrected chi connectivity index (χ1v) is 11.5. The smallest absolute Gasteiger partial charge is 0.410 e. The second-order valence-corrected chi connectivity index (χ2v) is 9.90. The number of amides is 2. The van der Waals surface area contributed by atoms with Crippen LogP contribution < -0.4 is 5.32 Å². The first kappa shape index (κ1) is 22.4. The normalized spacial score (nSPS) is 23.3. The molecule has 0 unspecified atom stereocenters. The molecule has 0 spiro atoms. The van der Waals surface area contributed by atoms with Crippen LogP contribution in [0.15, 0.2) is 48.5 Å². The molecule has 3 atom stereocenters.